The predicted molar refractivity (Wildman–Crippen MR) is 81.2 cm³/mol. The zero-order valence-corrected chi connectivity index (χ0v) is 12.4. The fraction of sp³-hybridized carbons (Fsp3) is 0.235. The lowest BCUT2D eigenvalue weighted by Crippen LogP contribution is -2.20. The van der Waals surface area contributed by atoms with Gasteiger partial charge in [-0.05, 0) is 61.7 Å². The molecule has 1 N–H and O–H groups in total. The van der Waals surface area contributed by atoms with E-state index in [2.05, 4.69) is 5.32 Å². The van der Waals surface area contributed by atoms with E-state index in [0.29, 0.717) is 5.69 Å². The Balaban J connectivity index is 1.98. The fourth-order valence-electron chi connectivity index (χ4n) is 2.02. The van der Waals surface area contributed by atoms with Crippen LogP contribution >= 0.6 is 0 Å². The average molecular weight is 287 g/mol. The second kappa shape index (κ2) is 6.39. The number of rotatable bonds is 4. The molecule has 0 saturated heterocycles. The molecule has 0 fully saturated rings. The molecule has 0 spiro atoms. The molecule has 0 aliphatic carbocycles. The minimum atomic E-state index is -0.338. The number of amides is 1. The number of halogens is 1. The average Bonchev–Trinajstić information content (AvgIpc) is 2.45. The molecule has 0 aliphatic heterocycles. The van der Waals surface area contributed by atoms with Crippen LogP contribution in [-0.2, 0) is 4.79 Å². The minimum absolute atomic E-state index is 0.0808. The molecule has 0 radical (unpaired) electrons. The van der Waals surface area contributed by atoms with Crippen molar-refractivity contribution in [1.29, 1.82) is 0 Å². The molecule has 0 unspecified atom stereocenters. The monoisotopic (exact) mass is 287 g/mol. The summed E-state index contributed by atoms with van der Waals surface area (Å²) in [5, 5.41) is 2.66. The van der Waals surface area contributed by atoms with Gasteiger partial charge in [0.25, 0.3) is 5.91 Å². The van der Waals surface area contributed by atoms with Gasteiger partial charge in [0.05, 0.1) is 0 Å². The highest BCUT2D eigenvalue weighted by molar-refractivity contribution is 5.91. The first-order chi connectivity index (χ1) is 9.97. The number of ether oxygens (including phenoxy) is 1. The molecule has 21 heavy (non-hydrogen) atoms. The van der Waals surface area contributed by atoms with Gasteiger partial charge in [-0.3, -0.25) is 4.79 Å². The number of nitrogens with one attached hydrogen (secondary N) is 1. The molecule has 0 saturated carbocycles. The third-order valence-corrected chi connectivity index (χ3v) is 3.35. The summed E-state index contributed by atoms with van der Waals surface area (Å²) < 4.78 is 18.4. The maximum absolute atomic E-state index is 12.8. The van der Waals surface area contributed by atoms with E-state index in [1.807, 2.05) is 32.9 Å². The number of aryl methyl sites for hydroxylation is 2. The second-order valence-corrected chi connectivity index (χ2v) is 5.00. The Morgan fingerprint density at radius 2 is 1.67 bits per heavy atom. The summed E-state index contributed by atoms with van der Waals surface area (Å²) in [5.74, 6) is 0.126. The number of carbonyl (C=O) groups excluding carboxylic acids is 1. The van der Waals surface area contributed by atoms with E-state index < -0.39 is 0 Å². The Hall–Kier alpha value is -2.36. The highest BCUT2D eigenvalue weighted by Gasteiger charge is 2.09. The molecule has 2 aromatic rings. The second-order valence-electron chi connectivity index (χ2n) is 5.00. The number of hydrogen-bond donors (Lipinski definition) is 1. The van der Waals surface area contributed by atoms with E-state index in [9.17, 15) is 9.18 Å². The predicted octanol–water partition coefficient (Wildman–Crippen LogP) is 3.77. The molecule has 1 amide bonds. The van der Waals surface area contributed by atoms with Crippen LogP contribution in [0.25, 0.3) is 0 Å². The molecule has 2 rings (SSSR count). The van der Waals surface area contributed by atoms with Gasteiger partial charge >= 0.3 is 0 Å². The van der Waals surface area contributed by atoms with Crippen LogP contribution in [0.4, 0.5) is 10.1 Å². The van der Waals surface area contributed by atoms with E-state index in [4.69, 9.17) is 4.74 Å². The molecule has 0 heterocycles. The van der Waals surface area contributed by atoms with Gasteiger partial charge in [-0.1, -0.05) is 12.1 Å². The van der Waals surface area contributed by atoms with Gasteiger partial charge in [0.2, 0.25) is 0 Å². The minimum Gasteiger partial charge on any atom is -0.483 e. The highest BCUT2D eigenvalue weighted by atomic mass is 19.1. The van der Waals surface area contributed by atoms with Crippen molar-refractivity contribution < 1.29 is 13.9 Å². The lowest BCUT2D eigenvalue weighted by molar-refractivity contribution is -0.118. The van der Waals surface area contributed by atoms with Gasteiger partial charge in [-0.15, -0.1) is 0 Å². The van der Waals surface area contributed by atoms with Gasteiger partial charge in [0.15, 0.2) is 6.61 Å². The van der Waals surface area contributed by atoms with Gasteiger partial charge in [0, 0.05) is 5.69 Å². The van der Waals surface area contributed by atoms with Crippen molar-refractivity contribution in [2.24, 2.45) is 0 Å². The molecule has 0 atom stereocenters. The van der Waals surface area contributed by atoms with E-state index in [1.165, 1.54) is 24.3 Å². The summed E-state index contributed by atoms with van der Waals surface area (Å²) in [6.45, 7) is 5.83. The van der Waals surface area contributed by atoms with Gasteiger partial charge in [-0.2, -0.15) is 0 Å². The Labute approximate surface area is 123 Å². The first-order valence-electron chi connectivity index (χ1n) is 6.72. The first kappa shape index (κ1) is 15.0. The van der Waals surface area contributed by atoms with Crippen LogP contribution in [0.3, 0.4) is 0 Å². The Bertz CT molecular complexity index is 651. The third-order valence-electron chi connectivity index (χ3n) is 3.35. The summed E-state index contributed by atoms with van der Waals surface area (Å²) in [6.07, 6.45) is 0. The molecule has 0 aliphatic rings. The molecule has 0 aromatic heterocycles. The smallest absolute Gasteiger partial charge is 0.262 e. The number of carbonyl (C=O) groups is 1. The Morgan fingerprint density at radius 3 is 2.33 bits per heavy atom. The largest absolute Gasteiger partial charge is 0.483 e. The van der Waals surface area contributed by atoms with Crippen molar-refractivity contribution in [3.8, 4) is 5.75 Å². The van der Waals surface area contributed by atoms with Crippen molar-refractivity contribution in [2.75, 3.05) is 11.9 Å². The summed E-state index contributed by atoms with van der Waals surface area (Å²) in [7, 11) is 0. The fourth-order valence-corrected chi connectivity index (χ4v) is 2.02. The molecular weight excluding hydrogens is 269 g/mol. The van der Waals surface area contributed by atoms with Crippen LogP contribution in [0.1, 0.15) is 16.7 Å². The van der Waals surface area contributed by atoms with Gasteiger partial charge in [-0.25, -0.2) is 4.39 Å². The lowest BCUT2D eigenvalue weighted by Gasteiger charge is -2.13. The van der Waals surface area contributed by atoms with Crippen molar-refractivity contribution in [2.45, 2.75) is 20.8 Å². The zero-order chi connectivity index (χ0) is 15.4. The van der Waals surface area contributed by atoms with Crippen molar-refractivity contribution in [1.82, 2.24) is 0 Å². The molecule has 0 bridgehead atoms. The highest BCUT2D eigenvalue weighted by Crippen LogP contribution is 2.25. The quantitative estimate of drug-likeness (QED) is 0.929. The summed E-state index contributed by atoms with van der Waals surface area (Å²) in [5.41, 5.74) is 3.69. The maximum Gasteiger partial charge on any atom is 0.262 e. The maximum atomic E-state index is 12.8. The summed E-state index contributed by atoms with van der Waals surface area (Å²) in [6, 6.07) is 9.61. The summed E-state index contributed by atoms with van der Waals surface area (Å²) >= 11 is 0. The standard InChI is InChI=1S/C17H18FNO2/c1-11-4-5-12(2)17(13(11)3)21-10-16(20)19-15-8-6-14(18)7-9-15/h4-9H,10H2,1-3H3,(H,19,20). The molecule has 3 nitrogen and oxygen atoms in total. The van der Waals surface area contributed by atoms with Gasteiger partial charge in [0.1, 0.15) is 11.6 Å². The molecule has 2 aromatic carbocycles. The van der Waals surface area contributed by atoms with Crippen LogP contribution in [0.15, 0.2) is 36.4 Å². The van der Waals surface area contributed by atoms with Crippen molar-refractivity contribution in [3.63, 3.8) is 0 Å². The van der Waals surface area contributed by atoms with Crippen LogP contribution < -0.4 is 10.1 Å². The van der Waals surface area contributed by atoms with Crippen LogP contribution in [0.2, 0.25) is 0 Å². The summed E-state index contributed by atoms with van der Waals surface area (Å²) in [4.78, 5) is 11.8. The van der Waals surface area contributed by atoms with E-state index in [1.54, 1.807) is 0 Å². The Morgan fingerprint density at radius 1 is 1.05 bits per heavy atom. The zero-order valence-electron chi connectivity index (χ0n) is 12.4. The van der Waals surface area contributed by atoms with Crippen molar-refractivity contribution >= 4 is 11.6 Å². The SMILES string of the molecule is Cc1ccc(C)c(OCC(=O)Nc2ccc(F)cc2)c1C. The van der Waals surface area contributed by atoms with Crippen LogP contribution in [0, 0.1) is 26.6 Å². The number of benzene rings is 2. The molecular formula is C17H18FNO2. The van der Waals surface area contributed by atoms with E-state index in [-0.39, 0.29) is 18.3 Å². The van der Waals surface area contributed by atoms with Crippen LogP contribution in [-0.4, -0.2) is 12.5 Å². The topological polar surface area (TPSA) is 38.3 Å². The van der Waals surface area contributed by atoms with Gasteiger partial charge < -0.3 is 10.1 Å². The van der Waals surface area contributed by atoms with Crippen molar-refractivity contribution in [3.05, 3.63) is 58.9 Å². The number of hydrogen-bond acceptors (Lipinski definition) is 2. The normalized spacial score (nSPS) is 10.3. The first-order valence-corrected chi connectivity index (χ1v) is 6.72. The lowest BCUT2D eigenvalue weighted by atomic mass is 10.1. The Kier molecular flexibility index (Phi) is 4.58. The van der Waals surface area contributed by atoms with E-state index in [0.717, 1.165) is 22.4 Å². The molecule has 4 heteroatoms. The number of anilines is 1. The molecule has 110 valence electrons. The third kappa shape index (κ3) is 3.81. The van der Waals surface area contributed by atoms with Crippen LogP contribution in [0.5, 0.6) is 5.75 Å². The van der Waals surface area contributed by atoms with E-state index >= 15 is 0 Å².